The number of esters is 1. The van der Waals surface area contributed by atoms with Gasteiger partial charge >= 0.3 is 11.9 Å². The van der Waals surface area contributed by atoms with Crippen molar-refractivity contribution in [2.24, 2.45) is 0 Å². The van der Waals surface area contributed by atoms with E-state index in [1.54, 1.807) is 6.92 Å². The molecule has 23 heavy (non-hydrogen) atoms. The van der Waals surface area contributed by atoms with Gasteiger partial charge in [0, 0.05) is 11.1 Å². The van der Waals surface area contributed by atoms with E-state index in [-0.39, 0.29) is 12.2 Å². The highest BCUT2D eigenvalue weighted by atomic mass is 32.1. The van der Waals surface area contributed by atoms with E-state index in [0.29, 0.717) is 10.6 Å². The van der Waals surface area contributed by atoms with Crippen molar-refractivity contribution in [3.05, 3.63) is 34.0 Å². The van der Waals surface area contributed by atoms with Gasteiger partial charge < -0.3 is 15.2 Å². The van der Waals surface area contributed by atoms with Crippen molar-refractivity contribution in [1.82, 2.24) is 9.78 Å². The molecule has 0 saturated carbocycles. The van der Waals surface area contributed by atoms with E-state index >= 15 is 0 Å². The maximum atomic E-state index is 12.1. The van der Waals surface area contributed by atoms with Crippen LogP contribution in [-0.2, 0) is 16.1 Å². The Morgan fingerprint density at radius 1 is 1.39 bits per heavy atom. The number of carboxylic acid groups (broad SMARTS) is 1. The first-order chi connectivity index (χ1) is 10.8. The molecule has 9 heteroatoms. The minimum absolute atomic E-state index is 0.143. The van der Waals surface area contributed by atoms with Gasteiger partial charge in [-0.05, 0) is 25.5 Å². The number of ether oxygens (including phenoxy) is 1. The Labute approximate surface area is 135 Å². The van der Waals surface area contributed by atoms with Gasteiger partial charge in [-0.2, -0.15) is 5.10 Å². The van der Waals surface area contributed by atoms with E-state index in [1.807, 2.05) is 6.92 Å². The number of nitrogens with zero attached hydrogens (tertiary/aromatic N) is 2. The summed E-state index contributed by atoms with van der Waals surface area (Å²) in [5.41, 5.74) is 0.940. The molecule has 1 amide bonds. The van der Waals surface area contributed by atoms with Gasteiger partial charge in [0.25, 0.3) is 0 Å². The smallest absolute Gasteiger partial charge is 0.356 e. The number of aromatic nitrogens is 2. The summed E-state index contributed by atoms with van der Waals surface area (Å²) >= 11 is 1.28. The normalized spacial score (nSPS) is 10.4. The monoisotopic (exact) mass is 337 g/mol. The van der Waals surface area contributed by atoms with E-state index in [4.69, 9.17) is 9.84 Å². The van der Waals surface area contributed by atoms with Crippen LogP contribution in [0.2, 0.25) is 0 Å². The molecular weight excluding hydrogens is 322 g/mol. The van der Waals surface area contributed by atoms with E-state index in [0.717, 1.165) is 10.4 Å². The van der Waals surface area contributed by atoms with E-state index in [9.17, 15) is 14.4 Å². The molecular formula is C14H15N3O5S. The lowest BCUT2D eigenvalue weighted by Crippen LogP contribution is -2.20. The number of hydrogen-bond acceptors (Lipinski definition) is 6. The number of carbonyl (C=O) groups excluding carboxylic acids is 2. The second-order valence-corrected chi connectivity index (χ2v) is 5.96. The van der Waals surface area contributed by atoms with Gasteiger partial charge in [-0.1, -0.05) is 0 Å². The lowest BCUT2D eigenvalue weighted by atomic mass is 10.1. The van der Waals surface area contributed by atoms with Crippen molar-refractivity contribution in [1.29, 1.82) is 0 Å². The first-order valence-corrected chi connectivity index (χ1v) is 7.40. The SMILES string of the molecule is COC(=O)c1c(NC(=O)Cn2ccc(C(=O)O)n2)sc(C)c1C. The zero-order chi connectivity index (χ0) is 17.1. The number of thiophene rings is 1. The fraction of sp³-hybridized carbons (Fsp3) is 0.286. The number of carbonyl (C=O) groups is 3. The predicted molar refractivity (Wildman–Crippen MR) is 82.9 cm³/mol. The number of aromatic carboxylic acids is 1. The molecule has 0 radical (unpaired) electrons. The molecule has 0 aliphatic heterocycles. The van der Waals surface area contributed by atoms with E-state index < -0.39 is 17.8 Å². The largest absolute Gasteiger partial charge is 0.476 e. The summed E-state index contributed by atoms with van der Waals surface area (Å²) in [5, 5.41) is 15.6. The molecule has 0 spiro atoms. The molecule has 0 unspecified atom stereocenters. The number of hydrogen-bond donors (Lipinski definition) is 2. The Kier molecular flexibility index (Phi) is 4.80. The highest BCUT2D eigenvalue weighted by molar-refractivity contribution is 7.16. The third-order valence-electron chi connectivity index (χ3n) is 3.19. The lowest BCUT2D eigenvalue weighted by molar-refractivity contribution is -0.116. The molecule has 0 fully saturated rings. The van der Waals surface area contributed by atoms with Crippen LogP contribution >= 0.6 is 11.3 Å². The Hall–Kier alpha value is -2.68. The van der Waals surface area contributed by atoms with Crippen molar-refractivity contribution in [3.8, 4) is 0 Å². The molecule has 0 atom stereocenters. The maximum absolute atomic E-state index is 12.1. The maximum Gasteiger partial charge on any atom is 0.356 e. The minimum atomic E-state index is -1.17. The van der Waals surface area contributed by atoms with Crippen molar-refractivity contribution in [3.63, 3.8) is 0 Å². The molecule has 0 bridgehead atoms. The molecule has 122 valence electrons. The Morgan fingerprint density at radius 3 is 2.65 bits per heavy atom. The molecule has 0 saturated heterocycles. The van der Waals surface area contributed by atoms with Crippen LogP contribution in [-0.4, -0.2) is 39.8 Å². The fourth-order valence-electron chi connectivity index (χ4n) is 1.94. The van der Waals surface area contributed by atoms with Gasteiger partial charge in [0.2, 0.25) is 5.91 Å². The third-order valence-corrected chi connectivity index (χ3v) is 4.32. The van der Waals surface area contributed by atoms with Crippen LogP contribution < -0.4 is 5.32 Å². The van der Waals surface area contributed by atoms with Crippen molar-refractivity contribution in [2.45, 2.75) is 20.4 Å². The highest BCUT2D eigenvalue weighted by Gasteiger charge is 2.21. The average molecular weight is 337 g/mol. The molecule has 2 aromatic heterocycles. The van der Waals surface area contributed by atoms with E-state index in [2.05, 4.69) is 10.4 Å². The molecule has 0 aliphatic carbocycles. The minimum Gasteiger partial charge on any atom is -0.476 e. The average Bonchev–Trinajstić information content (AvgIpc) is 3.04. The number of rotatable bonds is 5. The topological polar surface area (TPSA) is 111 Å². The van der Waals surface area contributed by atoms with Crippen LogP contribution in [0.15, 0.2) is 12.3 Å². The predicted octanol–water partition coefficient (Wildman–Crippen LogP) is 1.68. The van der Waals surface area contributed by atoms with Gasteiger partial charge in [0.15, 0.2) is 5.69 Å². The van der Waals surface area contributed by atoms with Gasteiger partial charge in [-0.15, -0.1) is 11.3 Å². The summed E-state index contributed by atoms with van der Waals surface area (Å²) in [7, 11) is 1.28. The van der Waals surface area contributed by atoms with Crippen LogP contribution in [0, 0.1) is 13.8 Å². The number of aryl methyl sites for hydroxylation is 1. The highest BCUT2D eigenvalue weighted by Crippen LogP contribution is 2.32. The van der Waals surface area contributed by atoms with Crippen LogP contribution in [0.4, 0.5) is 5.00 Å². The summed E-state index contributed by atoms with van der Waals surface area (Å²) in [6.45, 7) is 3.46. The first-order valence-electron chi connectivity index (χ1n) is 6.58. The fourth-order valence-corrected chi connectivity index (χ4v) is 3.00. The summed E-state index contributed by atoms with van der Waals surface area (Å²) in [5.74, 6) is -2.10. The third kappa shape index (κ3) is 3.57. The Morgan fingerprint density at radius 2 is 2.09 bits per heavy atom. The molecule has 0 aromatic carbocycles. The zero-order valence-electron chi connectivity index (χ0n) is 12.7. The van der Waals surface area contributed by atoms with Gasteiger partial charge in [0.1, 0.15) is 11.5 Å². The molecule has 2 rings (SSSR count). The number of anilines is 1. The van der Waals surface area contributed by atoms with Crippen molar-refractivity contribution < 1.29 is 24.2 Å². The first kappa shape index (κ1) is 16.7. The van der Waals surface area contributed by atoms with Crippen LogP contribution in [0.3, 0.4) is 0 Å². The molecule has 0 aliphatic rings. The van der Waals surface area contributed by atoms with Crippen LogP contribution in [0.1, 0.15) is 31.3 Å². The Balaban J connectivity index is 2.15. The molecule has 8 nitrogen and oxygen atoms in total. The molecule has 2 heterocycles. The second kappa shape index (κ2) is 6.61. The standard InChI is InChI=1S/C14H15N3O5S/c1-7-8(2)23-12(11(7)14(21)22-3)15-10(18)6-17-5-4-9(16-17)13(19)20/h4-5H,6H2,1-3H3,(H,15,18)(H,19,20). The number of methoxy groups -OCH3 is 1. The molecule has 2 aromatic rings. The van der Waals surface area contributed by atoms with Crippen LogP contribution in [0.5, 0.6) is 0 Å². The molecule has 2 N–H and O–H groups in total. The van der Waals surface area contributed by atoms with Gasteiger partial charge in [-0.25, -0.2) is 9.59 Å². The Bertz CT molecular complexity index is 777. The van der Waals surface area contributed by atoms with Gasteiger partial charge in [-0.3, -0.25) is 9.48 Å². The number of amides is 1. The quantitative estimate of drug-likeness (QED) is 0.803. The van der Waals surface area contributed by atoms with Gasteiger partial charge in [0.05, 0.1) is 12.7 Å². The van der Waals surface area contributed by atoms with Crippen LogP contribution in [0.25, 0.3) is 0 Å². The number of nitrogens with one attached hydrogen (secondary N) is 1. The second-order valence-electron chi connectivity index (χ2n) is 4.73. The summed E-state index contributed by atoms with van der Waals surface area (Å²) < 4.78 is 5.95. The number of carboxylic acids is 1. The van der Waals surface area contributed by atoms with Crippen molar-refractivity contribution in [2.75, 3.05) is 12.4 Å². The summed E-state index contributed by atoms with van der Waals surface area (Å²) in [6.07, 6.45) is 1.40. The summed E-state index contributed by atoms with van der Waals surface area (Å²) in [6, 6.07) is 1.30. The zero-order valence-corrected chi connectivity index (χ0v) is 13.6. The summed E-state index contributed by atoms with van der Waals surface area (Å²) in [4.78, 5) is 35.6. The lowest BCUT2D eigenvalue weighted by Gasteiger charge is -2.06. The van der Waals surface area contributed by atoms with E-state index in [1.165, 1.54) is 35.4 Å². The van der Waals surface area contributed by atoms with Crippen molar-refractivity contribution >= 4 is 34.2 Å².